The summed E-state index contributed by atoms with van der Waals surface area (Å²) in [6.07, 6.45) is 2.75. The Morgan fingerprint density at radius 2 is 1.63 bits per heavy atom. The molecule has 2 aromatic carbocycles. The fourth-order valence-electron chi connectivity index (χ4n) is 5.42. The molecule has 2 fully saturated rings. The van der Waals surface area contributed by atoms with E-state index in [1.54, 1.807) is 18.3 Å². The van der Waals surface area contributed by atoms with Crippen LogP contribution in [0.15, 0.2) is 77.8 Å². The van der Waals surface area contributed by atoms with Gasteiger partial charge >= 0.3 is 5.97 Å². The smallest absolute Gasteiger partial charge is 0.326 e. The van der Waals surface area contributed by atoms with Gasteiger partial charge in [0.2, 0.25) is 15.9 Å². The Hall–Kier alpha value is -3.96. The molecule has 2 N–H and O–H groups in total. The molecule has 1 aromatic heterocycles. The van der Waals surface area contributed by atoms with Crippen molar-refractivity contribution >= 4 is 33.4 Å². The highest BCUT2D eigenvalue weighted by Gasteiger charge is 2.40. The molecule has 2 aliphatic heterocycles. The fourth-order valence-corrected chi connectivity index (χ4v) is 7.07. The van der Waals surface area contributed by atoms with E-state index < -0.39 is 34.0 Å². The molecule has 5 rings (SSSR count). The fraction of sp³-hybridized carbons (Fsp3) is 0.367. The number of carbonyl (C=O) groups is 2. The zero-order valence-electron chi connectivity index (χ0n) is 23.0. The summed E-state index contributed by atoms with van der Waals surface area (Å²) in [6.45, 7) is 5.46. The van der Waals surface area contributed by atoms with Gasteiger partial charge in [0, 0.05) is 51.0 Å². The van der Waals surface area contributed by atoms with E-state index in [2.05, 4.69) is 20.1 Å². The molecule has 11 heteroatoms. The normalized spacial score (nSPS) is 18.7. The molecule has 3 aromatic rings. The number of pyridine rings is 1. The van der Waals surface area contributed by atoms with Crippen LogP contribution in [0.1, 0.15) is 24.0 Å². The number of hydrogen-bond acceptors (Lipinski definition) is 7. The lowest BCUT2D eigenvalue weighted by Crippen LogP contribution is -2.51. The number of nitrogens with one attached hydrogen (secondary N) is 1. The van der Waals surface area contributed by atoms with Gasteiger partial charge in [0.15, 0.2) is 0 Å². The summed E-state index contributed by atoms with van der Waals surface area (Å²) in [4.78, 5) is 34.4. The Balaban J connectivity index is 1.20. The second-order valence-electron chi connectivity index (χ2n) is 10.5. The standard InChI is InChI=1S/C30H35N5O5S/c1-22-7-13-25(14-8-22)41(39,40)35-16-4-5-27(35)29(36)32-26(30(37)38)21-23-9-11-24(12-10-23)33-17-19-34(20-18-33)28-6-2-3-15-31-28/h2-3,6-15,26-27H,4-5,16-21H2,1H3,(H,32,36)(H,37,38)/t26-,27-/m0/s1. The maximum absolute atomic E-state index is 13.2. The van der Waals surface area contributed by atoms with Crippen molar-refractivity contribution in [2.24, 2.45) is 0 Å². The Kier molecular flexibility index (Phi) is 8.55. The van der Waals surface area contributed by atoms with Gasteiger partial charge in [-0.15, -0.1) is 0 Å². The Morgan fingerprint density at radius 3 is 2.27 bits per heavy atom. The molecule has 0 bridgehead atoms. The molecule has 2 atom stereocenters. The van der Waals surface area contributed by atoms with Crippen molar-refractivity contribution in [2.45, 2.75) is 43.2 Å². The summed E-state index contributed by atoms with van der Waals surface area (Å²) in [5.41, 5.74) is 2.75. The van der Waals surface area contributed by atoms with Gasteiger partial charge in [-0.25, -0.2) is 18.2 Å². The molecule has 0 spiro atoms. The number of hydrogen-bond donors (Lipinski definition) is 2. The summed E-state index contributed by atoms with van der Waals surface area (Å²) in [7, 11) is -3.89. The third-order valence-corrected chi connectivity index (χ3v) is 9.67. The first-order valence-corrected chi connectivity index (χ1v) is 15.3. The monoisotopic (exact) mass is 577 g/mol. The highest BCUT2D eigenvalue weighted by atomic mass is 32.2. The number of anilines is 2. The number of carboxylic acids is 1. The Bertz CT molecular complexity index is 1460. The number of sulfonamides is 1. The number of rotatable bonds is 9. The van der Waals surface area contributed by atoms with Crippen LogP contribution in [0.4, 0.5) is 11.5 Å². The minimum absolute atomic E-state index is 0.0895. The summed E-state index contributed by atoms with van der Waals surface area (Å²) in [5, 5.41) is 12.5. The van der Waals surface area contributed by atoms with E-state index in [-0.39, 0.29) is 17.9 Å². The van der Waals surface area contributed by atoms with E-state index in [1.165, 1.54) is 16.4 Å². The van der Waals surface area contributed by atoms with E-state index in [9.17, 15) is 23.1 Å². The Morgan fingerprint density at radius 1 is 0.951 bits per heavy atom. The van der Waals surface area contributed by atoms with E-state index in [0.29, 0.717) is 12.8 Å². The summed E-state index contributed by atoms with van der Waals surface area (Å²) >= 11 is 0. The molecule has 3 heterocycles. The van der Waals surface area contributed by atoms with Gasteiger partial charge in [-0.05, 0) is 61.7 Å². The molecule has 0 saturated carbocycles. The first-order valence-electron chi connectivity index (χ1n) is 13.8. The first-order chi connectivity index (χ1) is 19.7. The van der Waals surface area contributed by atoms with Gasteiger partial charge in [0.25, 0.3) is 0 Å². The molecule has 2 aliphatic rings. The molecule has 1 amide bonds. The third kappa shape index (κ3) is 6.52. The average Bonchev–Trinajstić information content (AvgIpc) is 3.49. The SMILES string of the molecule is Cc1ccc(S(=O)(=O)N2CCC[C@H]2C(=O)N[C@@H](Cc2ccc(N3CCN(c4ccccn4)CC3)cc2)C(=O)O)cc1. The topological polar surface area (TPSA) is 123 Å². The first kappa shape index (κ1) is 28.6. The van der Waals surface area contributed by atoms with Gasteiger partial charge < -0.3 is 20.2 Å². The number of nitrogens with zero attached hydrogens (tertiary/aromatic N) is 4. The number of amides is 1. The second-order valence-corrected chi connectivity index (χ2v) is 12.4. The number of aliphatic carboxylic acids is 1. The zero-order chi connectivity index (χ0) is 29.0. The predicted octanol–water partition coefficient (Wildman–Crippen LogP) is 2.68. The van der Waals surface area contributed by atoms with E-state index >= 15 is 0 Å². The number of aromatic nitrogens is 1. The van der Waals surface area contributed by atoms with Gasteiger partial charge in [0.05, 0.1) is 4.90 Å². The van der Waals surface area contributed by atoms with Crippen molar-refractivity contribution in [2.75, 3.05) is 42.5 Å². The van der Waals surface area contributed by atoms with Crippen molar-refractivity contribution < 1.29 is 23.1 Å². The molecule has 0 aliphatic carbocycles. The van der Waals surface area contributed by atoms with Gasteiger partial charge in [-0.2, -0.15) is 4.31 Å². The molecule has 10 nitrogen and oxygen atoms in total. The summed E-state index contributed by atoms with van der Waals surface area (Å²) in [6, 6.07) is 18.0. The number of benzene rings is 2. The lowest BCUT2D eigenvalue weighted by Gasteiger charge is -2.36. The largest absolute Gasteiger partial charge is 0.480 e. The van der Waals surface area contributed by atoms with Gasteiger partial charge in [-0.3, -0.25) is 4.79 Å². The predicted molar refractivity (Wildman–Crippen MR) is 156 cm³/mol. The molecular formula is C30H35N5O5S. The summed E-state index contributed by atoms with van der Waals surface area (Å²) in [5.74, 6) is -0.787. The molecular weight excluding hydrogens is 542 g/mol. The van der Waals surface area contributed by atoms with Crippen molar-refractivity contribution in [1.82, 2.24) is 14.6 Å². The van der Waals surface area contributed by atoms with E-state index in [0.717, 1.165) is 48.8 Å². The van der Waals surface area contributed by atoms with Crippen molar-refractivity contribution in [3.05, 3.63) is 84.1 Å². The van der Waals surface area contributed by atoms with Gasteiger partial charge in [0.1, 0.15) is 17.9 Å². The highest BCUT2D eigenvalue weighted by Crippen LogP contribution is 2.27. The molecule has 0 unspecified atom stereocenters. The maximum Gasteiger partial charge on any atom is 0.326 e. The molecule has 2 saturated heterocycles. The van der Waals surface area contributed by atoms with Crippen LogP contribution in [0.5, 0.6) is 0 Å². The lowest BCUT2D eigenvalue weighted by atomic mass is 10.0. The highest BCUT2D eigenvalue weighted by molar-refractivity contribution is 7.89. The number of piperazine rings is 1. The zero-order valence-corrected chi connectivity index (χ0v) is 23.8. The minimum atomic E-state index is -3.89. The Labute approximate surface area is 240 Å². The quantitative estimate of drug-likeness (QED) is 0.398. The molecule has 216 valence electrons. The molecule has 0 radical (unpaired) electrons. The minimum Gasteiger partial charge on any atom is -0.480 e. The average molecular weight is 578 g/mol. The van der Waals surface area contributed by atoms with Crippen molar-refractivity contribution in [3.8, 4) is 0 Å². The van der Waals surface area contributed by atoms with Crippen LogP contribution >= 0.6 is 0 Å². The molecule has 41 heavy (non-hydrogen) atoms. The van der Waals surface area contributed by atoms with Crippen LogP contribution in [0.25, 0.3) is 0 Å². The summed E-state index contributed by atoms with van der Waals surface area (Å²) < 4.78 is 27.7. The number of carboxylic acid groups (broad SMARTS) is 1. The maximum atomic E-state index is 13.2. The van der Waals surface area contributed by atoms with Gasteiger partial charge in [-0.1, -0.05) is 35.9 Å². The van der Waals surface area contributed by atoms with E-state index in [1.807, 2.05) is 49.4 Å². The van der Waals surface area contributed by atoms with Crippen LogP contribution in [0, 0.1) is 6.92 Å². The third-order valence-electron chi connectivity index (χ3n) is 7.74. The second kappa shape index (κ2) is 12.3. The van der Waals surface area contributed by atoms with Crippen molar-refractivity contribution in [3.63, 3.8) is 0 Å². The van der Waals surface area contributed by atoms with Crippen LogP contribution in [0.2, 0.25) is 0 Å². The van der Waals surface area contributed by atoms with Crippen LogP contribution in [-0.2, 0) is 26.0 Å². The van der Waals surface area contributed by atoms with Crippen LogP contribution in [-0.4, -0.2) is 79.5 Å². The van der Waals surface area contributed by atoms with E-state index in [4.69, 9.17) is 0 Å². The number of carbonyl (C=O) groups excluding carboxylic acids is 1. The number of aryl methyl sites for hydroxylation is 1. The van der Waals surface area contributed by atoms with Crippen molar-refractivity contribution in [1.29, 1.82) is 0 Å². The van der Waals surface area contributed by atoms with Crippen LogP contribution in [0.3, 0.4) is 0 Å². The lowest BCUT2D eigenvalue weighted by molar-refractivity contribution is -0.142. The van der Waals surface area contributed by atoms with Crippen LogP contribution < -0.4 is 15.1 Å².